The van der Waals surface area contributed by atoms with Crippen molar-refractivity contribution in [1.82, 2.24) is 4.98 Å². The van der Waals surface area contributed by atoms with Gasteiger partial charge in [-0.1, -0.05) is 17.7 Å². The predicted octanol–water partition coefficient (Wildman–Crippen LogP) is 4.11. The second-order valence-corrected chi connectivity index (χ2v) is 5.95. The fraction of sp³-hybridized carbons (Fsp3) is 0.100. The molecule has 0 fully saturated rings. The summed E-state index contributed by atoms with van der Waals surface area (Å²) in [6, 6.07) is 16.8. The van der Waals surface area contributed by atoms with Gasteiger partial charge in [0.25, 0.3) is 5.91 Å². The van der Waals surface area contributed by atoms with Gasteiger partial charge in [-0.2, -0.15) is 0 Å². The molecule has 0 bridgehead atoms. The van der Waals surface area contributed by atoms with E-state index in [1.54, 1.807) is 30.5 Å². The number of hydrogen-bond donors (Lipinski definition) is 2. The number of aromatic nitrogens is 1. The molecule has 0 saturated carbocycles. The van der Waals surface area contributed by atoms with Gasteiger partial charge in [0, 0.05) is 17.4 Å². The molecule has 0 aliphatic carbocycles. The predicted molar refractivity (Wildman–Crippen MR) is 99.2 cm³/mol. The summed E-state index contributed by atoms with van der Waals surface area (Å²) in [5, 5.41) is 6.06. The summed E-state index contributed by atoms with van der Waals surface area (Å²) in [5.74, 6) is 1.01. The molecule has 6 nitrogen and oxygen atoms in total. The minimum atomic E-state index is -0.286. The van der Waals surface area contributed by atoms with Crippen LogP contribution in [0.4, 0.5) is 17.1 Å². The van der Waals surface area contributed by atoms with Crippen molar-refractivity contribution in [2.45, 2.75) is 6.92 Å². The van der Waals surface area contributed by atoms with Crippen LogP contribution >= 0.6 is 0 Å². The topological polar surface area (TPSA) is 72.5 Å². The number of pyridine rings is 1. The van der Waals surface area contributed by atoms with Crippen molar-refractivity contribution in [3.8, 4) is 11.5 Å². The van der Waals surface area contributed by atoms with Crippen molar-refractivity contribution in [2.24, 2.45) is 0 Å². The first-order valence-corrected chi connectivity index (χ1v) is 8.18. The first kappa shape index (κ1) is 16.0. The third kappa shape index (κ3) is 3.44. The molecule has 26 heavy (non-hydrogen) atoms. The standard InChI is InChI=1S/C20H17N3O3/c1-13-2-4-14(5-3-13)22-16-6-8-17(21-11-16)20(24)23-15-7-9-18-19(10-15)26-12-25-18/h2-11,22H,12H2,1H3,(H,23,24). The molecule has 2 heterocycles. The Hall–Kier alpha value is -3.54. The number of aryl methyl sites for hydroxylation is 1. The minimum absolute atomic E-state index is 0.198. The first-order valence-electron chi connectivity index (χ1n) is 8.18. The van der Waals surface area contributed by atoms with Gasteiger partial charge in [0.1, 0.15) is 5.69 Å². The van der Waals surface area contributed by atoms with Crippen LogP contribution in [-0.4, -0.2) is 17.7 Å². The Morgan fingerprint density at radius 2 is 1.65 bits per heavy atom. The van der Waals surface area contributed by atoms with E-state index in [2.05, 4.69) is 15.6 Å². The number of amides is 1. The van der Waals surface area contributed by atoms with Crippen molar-refractivity contribution < 1.29 is 14.3 Å². The summed E-state index contributed by atoms with van der Waals surface area (Å²) < 4.78 is 10.6. The first-order chi connectivity index (χ1) is 12.7. The summed E-state index contributed by atoms with van der Waals surface area (Å²) in [4.78, 5) is 16.6. The van der Waals surface area contributed by atoms with Crippen LogP contribution in [-0.2, 0) is 0 Å². The summed E-state index contributed by atoms with van der Waals surface area (Å²) >= 11 is 0. The average molecular weight is 347 g/mol. The van der Waals surface area contributed by atoms with E-state index in [9.17, 15) is 4.79 Å². The molecule has 2 N–H and O–H groups in total. The smallest absolute Gasteiger partial charge is 0.274 e. The van der Waals surface area contributed by atoms with E-state index in [0.29, 0.717) is 22.9 Å². The number of hydrogen-bond acceptors (Lipinski definition) is 5. The number of carbonyl (C=O) groups excluding carboxylic acids is 1. The van der Waals surface area contributed by atoms with Gasteiger partial charge in [-0.3, -0.25) is 4.79 Å². The molecule has 130 valence electrons. The number of rotatable bonds is 4. The maximum absolute atomic E-state index is 12.4. The van der Waals surface area contributed by atoms with Gasteiger partial charge in [0.2, 0.25) is 6.79 Å². The summed E-state index contributed by atoms with van der Waals surface area (Å²) in [6.45, 7) is 2.24. The Morgan fingerprint density at radius 1 is 0.923 bits per heavy atom. The molecule has 0 saturated heterocycles. The van der Waals surface area contributed by atoms with E-state index in [0.717, 1.165) is 11.4 Å². The van der Waals surface area contributed by atoms with Crippen LogP contribution in [0.3, 0.4) is 0 Å². The number of carbonyl (C=O) groups is 1. The second kappa shape index (κ2) is 6.76. The lowest BCUT2D eigenvalue weighted by atomic mass is 10.2. The van der Waals surface area contributed by atoms with E-state index < -0.39 is 0 Å². The molecule has 1 aliphatic heterocycles. The normalized spacial score (nSPS) is 11.9. The molecule has 0 spiro atoms. The average Bonchev–Trinajstić information content (AvgIpc) is 3.12. The lowest BCUT2D eigenvalue weighted by Gasteiger charge is -2.08. The number of nitrogens with zero attached hydrogens (tertiary/aromatic N) is 1. The fourth-order valence-electron chi connectivity index (χ4n) is 2.58. The number of anilines is 3. The zero-order valence-corrected chi connectivity index (χ0v) is 14.2. The van der Waals surface area contributed by atoms with Crippen molar-refractivity contribution in [3.05, 3.63) is 72.1 Å². The van der Waals surface area contributed by atoms with Crippen molar-refractivity contribution in [1.29, 1.82) is 0 Å². The van der Waals surface area contributed by atoms with Crippen LogP contribution in [0.25, 0.3) is 0 Å². The molecule has 1 aromatic heterocycles. The Labute approximate surface area is 150 Å². The van der Waals surface area contributed by atoms with Crippen LogP contribution in [0.2, 0.25) is 0 Å². The Balaban J connectivity index is 1.42. The zero-order chi connectivity index (χ0) is 17.9. The van der Waals surface area contributed by atoms with Crippen LogP contribution < -0.4 is 20.1 Å². The van der Waals surface area contributed by atoms with Crippen molar-refractivity contribution >= 4 is 23.0 Å². The second-order valence-electron chi connectivity index (χ2n) is 5.95. The Morgan fingerprint density at radius 3 is 2.42 bits per heavy atom. The third-order valence-corrected chi connectivity index (χ3v) is 3.97. The molecule has 2 aromatic carbocycles. The van der Waals surface area contributed by atoms with Gasteiger partial charge in [-0.15, -0.1) is 0 Å². The van der Waals surface area contributed by atoms with E-state index in [1.165, 1.54) is 5.56 Å². The zero-order valence-electron chi connectivity index (χ0n) is 14.2. The van der Waals surface area contributed by atoms with E-state index in [-0.39, 0.29) is 12.7 Å². The molecule has 0 unspecified atom stereocenters. The van der Waals surface area contributed by atoms with Gasteiger partial charge in [-0.25, -0.2) is 4.98 Å². The van der Waals surface area contributed by atoms with Crippen molar-refractivity contribution in [2.75, 3.05) is 17.4 Å². The SMILES string of the molecule is Cc1ccc(Nc2ccc(C(=O)Nc3ccc4c(c3)OCO4)nc2)cc1. The maximum atomic E-state index is 12.4. The molecule has 6 heteroatoms. The fourth-order valence-corrected chi connectivity index (χ4v) is 2.58. The summed E-state index contributed by atoms with van der Waals surface area (Å²) in [5.41, 5.74) is 3.94. The third-order valence-electron chi connectivity index (χ3n) is 3.97. The highest BCUT2D eigenvalue weighted by Crippen LogP contribution is 2.34. The molecule has 1 amide bonds. The van der Waals surface area contributed by atoms with E-state index in [1.807, 2.05) is 37.3 Å². The van der Waals surface area contributed by atoms with Gasteiger partial charge in [0.15, 0.2) is 11.5 Å². The van der Waals surface area contributed by atoms with Crippen molar-refractivity contribution in [3.63, 3.8) is 0 Å². The number of fused-ring (bicyclic) bond motifs is 1. The Kier molecular flexibility index (Phi) is 4.15. The lowest BCUT2D eigenvalue weighted by Crippen LogP contribution is -2.13. The molecule has 0 atom stereocenters. The van der Waals surface area contributed by atoms with Crippen LogP contribution in [0.15, 0.2) is 60.8 Å². The van der Waals surface area contributed by atoms with Gasteiger partial charge in [-0.05, 0) is 43.3 Å². The largest absolute Gasteiger partial charge is 0.454 e. The van der Waals surface area contributed by atoms with Crippen LogP contribution in [0.5, 0.6) is 11.5 Å². The maximum Gasteiger partial charge on any atom is 0.274 e. The van der Waals surface area contributed by atoms with Gasteiger partial charge in [0.05, 0.1) is 11.9 Å². The van der Waals surface area contributed by atoms with Gasteiger partial charge >= 0.3 is 0 Å². The van der Waals surface area contributed by atoms with E-state index >= 15 is 0 Å². The molecular formula is C20H17N3O3. The Bertz CT molecular complexity index is 938. The van der Waals surface area contributed by atoms with E-state index in [4.69, 9.17) is 9.47 Å². The monoisotopic (exact) mass is 347 g/mol. The summed E-state index contributed by atoms with van der Waals surface area (Å²) in [6.07, 6.45) is 1.63. The van der Waals surface area contributed by atoms with Gasteiger partial charge < -0.3 is 20.1 Å². The molecule has 1 aliphatic rings. The number of benzene rings is 2. The highest BCUT2D eigenvalue weighted by atomic mass is 16.7. The molecular weight excluding hydrogens is 330 g/mol. The van der Waals surface area contributed by atoms with Crippen LogP contribution in [0, 0.1) is 6.92 Å². The lowest BCUT2D eigenvalue weighted by molar-refractivity contribution is 0.102. The minimum Gasteiger partial charge on any atom is -0.454 e. The molecule has 4 rings (SSSR count). The molecule has 0 radical (unpaired) electrons. The number of ether oxygens (including phenoxy) is 2. The quantitative estimate of drug-likeness (QED) is 0.743. The molecule has 3 aromatic rings. The number of nitrogens with one attached hydrogen (secondary N) is 2. The highest BCUT2D eigenvalue weighted by molar-refractivity contribution is 6.03. The summed E-state index contributed by atoms with van der Waals surface area (Å²) in [7, 11) is 0. The van der Waals surface area contributed by atoms with Crippen LogP contribution in [0.1, 0.15) is 16.1 Å². The highest BCUT2D eigenvalue weighted by Gasteiger charge is 2.15.